The number of amides is 1. The Balaban J connectivity index is 2.19. The highest BCUT2D eigenvalue weighted by Crippen LogP contribution is 2.18. The second kappa shape index (κ2) is 6.89. The van der Waals surface area contributed by atoms with Crippen molar-refractivity contribution < 1.29 is 22.0 Å². The first-order valence-electron chi connectivity index (χ1n) is 7.38. The zero-order valence-electron chi connectivity index (χ0n) is 13.9. The van der Waals surface area contributed by atoms with Gasteiger partial charge in [0.1, 0.15) is 11.6 Å². The summed E-state index contributed by atoms with van der Waals surface area (Å²) in [5.74, 6) is -2.15. The first-order valence-corrected chi connectivity index (χ1v) is 8.87. The van der Waals surface area contributed by atoms with Crippen LogP contribution in [-0.4, -0.2) is 19.9 Å². The predicted molar refractivity (Wildman–Crippen MR) is 90.8 cm³/mol. The zero-order valence-corrected chi connectivity index (χ0v) is 14.7. The first kappa shape index (κ1) is 19.0. The van der Waals surface area contributed by atoms with Crippen LogP contribution in [-0.2, 0) is 10.0 Å². The minimum absolute atomic E-state index is 0.00379. The van der Waals surface area contributed by atoms with Gasteiger partial charge in [-0.15, -0.1) is 0 Å². The fourth-order valence-electron chi connectivity index (χ4n) is 2.04. The van der Waals surface area contributed by atoms with Gasteiger partial charge in [0, 0.05) is 17.2 Å². The Bertz CT molecular complexity index is 889. The summed E-state index contributed by atoms with van der Waals surface area (Å²) in [6.45, 7) is 5.12. The van der Waals surface area contributed by atoms with Crippen molar-refractivity contribution in [1.29, 1.82) is 0 Å². The Hall–Kier alpha value is -2.32. The molecule has 8 heteroatoms. The van der Waals surface area contributed by atoms with Gasteiger partial charge in [0.25, 0.3) is 5.91 Å². The van der Waals surface area contributed by atoms with E-state index in [4.69, 9.17) is 0 Å². The molecule has 2 N–H and O–H groups in total. The molecule has 0 saturated heterocycles. The number of hydrogen-bond donors (Lipinski definition) is 2. The molecule has 2 rings (SSSR count). The van der Waals surface area contributed by atoms with Gasteiger partial charge in [-0.1, -0.05) is 0 Å². The second-order valence-corrected chi connectivity index (χ2v) is 8.14. The number of hydrogen-bond acceptors (Lipinski definition) is 3. The number of nitrogens with one attached hydrogen (secondary N) is 2. The number of carbonyl (C=O) groups excluding carboxylic acids is 1. The molecule has 0 aromatic heterocycles. The molecule has 2 aromatic carbocycles. The molecule has 0 bridgehead atoms. The van der Waals surface area contributed by atoms with Crippen LogP contribution in [0, 0.1) is 11.6 Å². The minimum atomic E-state index is -3.72. The maximum Gasteiger partial charge on any atom is 0.255 e. The summed E-state index contributed by atoms with van der Waals surface area (Å²) in [5, 5.41) is 2.24. The number of benzene rings is 2. The van der Waals surface area contributed by atoms with Crippen molar-refractivity contribution in [2.75, 3.05) is 5.32 Å². The number of sulfonamides is 1. The number of halogens is 2. The first-order chi connectivity index (χ1) is 11.5. The van der Waals surface area contributed by atoms with Crippen molar-refractivity contribution >= 4 is 21.6 Å². The lowest BCUT2D eigenvalue weighted by Crippen LogP contribution is -2.40. The largest absolute Gasteiger partial charge is 0.319 e. The summed E-state index contributed by atoms with van der Waals surface area (Å²) in [5.41, 5.74) is -0.835. The summed E-state index contributed by atoms with van der Waals surface area (Å²) in [6, 6.07) is 7.83. The number of rotatable bonds is 4. The molecule has 0 aliphatic heterocycles. The molecule has 0 heterocycles. The van der Waals surface area contributed by atoms with Gasteiger partial charge in [0.05, 0.1) is 10.6 Å². The van der Waals surface area contributed by atoms with Crippen molar-refractivity contribution in [2.24, 2.45) is 0 Å². The van der Waals surface area contributed by atoms with Crippen LogP contribution in [0.1, 0.15) is 31.1 Å². The van der Waals surface area contributed by atoms with E-state index in [2.05, 4.69) is 10.0 Å². The average Bonchev–Trinajstić information content (AvgIpc) is 2.48. The van der Waals surface area contributed by atoms with E-state index in [9.17, 15) is 22.0 Å². The van der Waals surface area contributed by atoms with Crippen LogP contribution >= 0.6 is 0 Å². The summed E-state index contributed by atoms with van der Waals surface area (Å²) in [7, 11) is -3.72. The third-order valence-electron chi connectivity index (χ3n) is 3.04. The van der Waals surface area contributed by atoms with E-state index in [0.29, 0.717) is 0 Å². The Labute approximate surface area is 145 Å². The van der Waals surface area contributed by atoms with E-state index in [1.807, 2.05) is 0 Å². The fraction of sp³-hybridized carbons (Fsp3) is 0.235. The van der Waals surface area contributed by atoms with Gasteiger partial charge in [-0.25, -0.2) is 21.9 Å². The number of carbonyl (C=O) groups is 1. The highest BCUT2D eigenvalue weighted by molar-refractivity contribution is 7.89. The maximum absolute atomic E-state index is 13.6. The molecule has 0 fully saturated rings. The van der Waals surface area contributed by atoms with Gasteiger partial charge >= 0.3 is 0 Å². The molecular formula is C17H18F2N2O3S. The van der Waals surface area contributed by atoms with Crippen LogP contribution in [0.15, 0.2) is 47.4 Å². The quantitative estimate of drug-likeness (QED) is 0.870. The van der Waals surface area contributed by atoms with E-state index in [1.165, 1.54) is 24.3 Å². The highest BCUT2D eigenvalue weighted by atomic mass is 32.2. The van der Waals surface area contributed by atoms with Crippen LogP contribution in [0.2, 0.25) is 0 Å². The van der Waals surface area contributed by atoms with E-state index in [0.717, 1.165) is 18.2 Å². The van der Waals surface area contributed by atoms with E-state index in [1.54, 1.807) is 20.8 Å². The molecule has 0 unspecified atom stereocenters. The molecule has 5 nitrogen and oxygen atoms in total. The van der Waals surface area contributed by atoms with E-state index < -0.39 is 33.1 Å². The molecule has 0 saturated carbocycles. The topological polar surface area (TPSA) is 75.3 Å². The molecule has 0 aliphatic rings. The molecule has 2 aromatic rings. The average molecular weight is 368 g/mol. The molecule has 0 radical (unpaired) electrons. The minimum Gasteiger partial charge on any atom is -0.319 e. The second-order valence-electron chi connectivity index (χ2n) is 6.46. The third-order valence-corrected chi connectivity index (χ3v) is 4.82. The van der Waals surface area contributed by atoms with Crippen molar-refractivity contribution in [3.05, 3.63) is 59.7 Å². The predicted octanol–water partition coefficient (Wildman–Crippen LogP) is 3.29. The fourth-order valence-corrected chi connectivity index (χ4v) is 3.45. The standard InChI is InChI=1S/C17H18F2N2O3S/c1-17(2,3)21-25(23,24)13-7-4-11(5-8-13)16(22)20-15-10-12(18)6-9-14(15)19/h4-10,21H,1-3H3,(H,20,22). The molecule has 25 heavy (non-hydrogen) atoms. The molecule has 134 valence electrons. The van der Waals surface area contributed by atoms with Gasteiger partial charge in [-0.2, -0.15) is 0 Å². The Morgan fingerprint density at radius 1 is 1.00 bits per heavy atom. The number of anilines is 1. The lowest BCUT2D eigenvalue weighted by molar-refractivity contribution is 0.102. The monoisotopic (exact) mass is 368 g/mol. The summed E-state index contributed by atoms with van der Waals surface area (Å²) in [4.78, 5) is 12.1. The van der Waals surface area contributed by atoms with Crippen LogP contribution in [0.4, 0.5) is 14.5 Å². The molecule has 0 aliphatic carbocycles. The normalized spacial score (nSPS) is 12.0. The SMILES string of the molecule is CC(C)(C)NS(=O)(=O)c1ccc(C(=O)Nc2cc(F)ccc2F)cc1. The van der Waals surface area contributed by atoms with Gasteiger partial charge in [-0.3, -0.25) is 4.79 Å². The van der Waals surface area contributed by atoms with Crippen LogP contribution < -0.4 is 10.0 Å². The highest BCUT2D eigenvalue weighted by Gasteiger charge is 2.22. The Morgan fingerprint density at radius 2 is 1.60 bits per heavy atom. The summed E-state index contributed by atoms with van der Waals surface area (Å²) < 4.78 is 53.6. The lowest BCUT2D eigenvalue weighted by atomic mass is 10.1. The van der Waals surface area contributed by atoms with E-state index >= 15 is 0 Å². The van der Waals surface area contributed by atoms with Crippen LogP contribution in [0.25, 0.3) is 0 Å². The van der Waals surface area contributed by atoms with Crippen LogP contribution in [0.3, 0.4) is 0 Å². The van der Waals surface area contributed by atoms with Gasteiger partial charge in [0.15, 0.2) is 0 Å². The summed E-state index contributed by atoms with van der Waals surface area (Å²) >= 11 is 0. The maximum atomic E-state index is 13.6. The third kappa shape index (κ3) is 5.07. The smallest absolute Gasteiger partial charge is 0.255 e. The molecular weight excluding hydrogens is 350 g/mol. The molecule has 1 amide bonds. The Kier molecular flexibility index (Phi) is 5.24. The van der Waals surface area contributed by atoms with E-state index in [-0.39, 0.29) is 16.1 Å². The van der Waals surface area contributed by atoms with Crippen molar-refractivity contribution in [3.8, 4) is 0 Å². The Morgan fingerprint density at radius 3 is 2.16 bits per heavy atom. The van der Waals surface area contributed by atoms with Crippen molar-refractivity contribution in [2.45, 2.75) is 31.2 Å². The van der Waals surface area contributed by atoms with Crippen molar-refractivity contribution in [3.63, 3.8) is 0 Å². The van der Waals surface area contributed by atoms with Gasteiger partial charge < -0.3 is 5.32 Å². The van der Waals surface area contributed by atoms with Crippen molar-refractivity contribution in [1.82, 2.24) is 4.72 Å². The molecule has 0 atom stereocenters. The zero-order chi connectivity index (χ0) is 18.8. The van der Waals surface area contributed by atoms with Gasteiger partial charge in [-0.05, 0) is 57.2 Å². The summed E-state index contributed by atoms with van der Waals surface area (Å²) in [6.07, 6.45) is 0. The molecule has 0 spiro atoms. The van der Waals surface area contributed by atoms with Gasteiger partial charge in [0.2, 0.25) is 10.0 Å². The lowest BCUT2D eigenvalue weighted by Gasteiger charge is -2.20. The van der Waals surface area contributed by atoms with Crippen LogP contribution in [0.5, 0.6) is 0 Å².